The lowest BCUT2D eigenvalue weighted by molar-refractivity contribution is -0.146. The van der Waals surface area contributed by atoms with Crippen molar-refractivity contribution in [3.63, 3.8) is 0 Å². The van der Waals surface area contributed by atoms with Crippen LogP contribution in [0.3, 0.4) is 0 Å². The van der Waals surface area contributed by atoms with Gasteiger partial charge in [0.25, 0.3) is 0 Å². The number of amides is 3. The van der Waals surface area contributed by atoms with Crippen LogP contribution in [0.2, 0.25) is 0 Å². The SMILES string of the molecule is C[C@@H](NCC(=O)N1CCN(CC(N)=O)C(=O)C1)c1ccccc1. The Morgan fingerprint density at radius 1 is 1.26 bits per heavy atom. The number of benzene rings is 1. The number of piperazine rings is 1. The summed E-state index contributed by atoms with van der Waals surface area (Å²) in [4.78, 5) is 37.9. The zero-order valence-corrected chi connectivity index (χ0v) is 13.2. The van der Waals surface area contributed by atoms with Gasteiger partial charge in [-0.2, -0.15) is 0 Å². The minimum atomic E-state index is -0.545. The summed E-state index contributed by atoms with van der Waals surface area (Å²) in [6.45, 7) is 2.80. The molecule has 0 aliphatic carbocycles. The first-order valence-electron chi connectivity index (χ1n) is 7.59. The average molecular weight is 318 g/mol. The molecule has 1 atom stereocenters. The van der Waals surface area contributed by atoms with Crippen LogP contribution in [0, 0.1) is 0 Å². The Bertz CT molecular complexity index is 576. The van der Waals surface area contributed by atoms with Crippen molar-refractivity contribution in [2.24, 2.45) is 5.73 Å². The summed E-state index contributed by atoms with van der Waals surface area (Å²) in [5.41, 5.74) is 6.19. The molecule has 0 spiro atoms. The Labute approximate surface area is 135 Å². The maximum Gasteiger partial charge on any atom is 0.242 e. The van der Waals surface area contributed by atoms with Crippen LogP contribution < -0.4 is 11.1 Å². The number of carbonyl (C=O) groups excluding carboxylic acids is 3. The molecule has 0 bridgehead atoms. The van der Waals surface area contributed by atoms with Crippen molar-refractivity contribution < 1.29 is 14.4 Å². The lowest BCUT2D eigenvalue weighted by Crippen LogP contribution is -2.55. The molecule has 0 aromatic heterocycles. The molecule has 3 N–H and O–H groups in total. The molecule has 0 saturated carbocycles. The van der Waals surface area contributed by atoms with E-state index in [4.69, 9.17) is 5.73 Å². The summed E-state index contributed by atoms with van der Waals surface area (Å²) in [5.74, 6) is -0.921. The van der Waals surface area contributed by atoms with Crippen LogP contribution in [0.25, 0.3) is 0 Å². The topological polar surface area (TPSA) is 95.7 Å². The largest absolute Gasteiger partial charge is 0.368 e. The van der Waals surface area contributed by atoms with Crippen molar-refractivity contribution in [1.29, 1.82) is 0 Å². The van der Waals surface area contributed by atoms with Crippen LogP contribution in [0.4, 0.5) is 0 Å². The van der Waals surface area contributed by atoms with Gasteiger partial charge in [0.05, 0.1) is 19.6 Å². The van der Waals surface area contributed by atoms with Gasteiger partial charge in [0.15, 0.2) is 0 Å². The number of nitrogens with two attached hydrogens (primary N) is 1. The normalized spacial score (nSPS) is 16.3. The first kappa shape index (κ1) is 17.0. The molecule has 124 valence electrons. The molecule has 0 unspecified atom stereocenters. The minimum Gasteiger partial charge on any atom is -0.368 e. The summed E-state index contributed by atoms with van der Waals surface area (Å²) in [5, 5.41) is 3.16. The number of hydrogen-bond donors (Lipinski definition) is 2. The number of nitrogens with one attached hydrogen (secondary N) is 1. The number of hydrogen-bond acceptors (Lipinski definition) is 4. The van der Waals surface area contributed by atoms with Gasteiger partial charge in [-0.3, -0.25) is 14.4 Å². The van der Waals surface area contributed by atoms with E-state index in [-0.39, 0.29) is 37.5 Å². The summed E-state index contributed by atoms with van der Waals surface area (Å²) in [6.07, 6.45) is 0. The highest BCUT2D eigenvalue weighted by Gasteiger charge is 2.27. The summed E-state index contributed by atoms with van der Waals surface area (Å²) < 4.78 is 0. The molecule has 1 heterocycles. The van der Waals surface area contributed by atoms with Gasteiger partial charge in [0.1, 0.15) is 0 Å². The quantitative estimate of drug-likeness (QED) is 0.739. The fraction of sp³-hybridized carbons (Fsp3) is 0.438. The smallest absolute Gasteiger partial charge is 0.242 e. The number of nitrogens with zero attached hydrogens (tertiary/aromatic N) is 2. The predicted octanol–water partition coefficient (Wildman–Crippen LogP) is -0.507. The molecule has 7 heteroatoms. The Morgan fingerprint density at radius 3 is 2.57 bits per heavy atom. The Kier molecular flexibility index (Phi) is 5.70. The van der Waals surface area contributed by atoms with Gasteiger partial charge in [0, 0.05) is 19.1 Å². The van der Waals surface area contributed by atoms with Gasteiger partial charge in [-0.05, 0) is 12.5 Å². The van der Waals surface area contributed by atoms with Crippen LogP contribution in [0.5, 0.6) is 0 Å². The summed E-state index contributed by atoms with van der Waals surface area (Å²) in [7, 11) is 0. The number of rotatable bonds is 6. The van der Waals surface area contributed by atoms with E-state index in [2.05, 4.69) is 5.32 Å². The lowest BCUT2D eigenvalue weighted by Gasteiger charge is -2.33. The molecular weight excluding hydrogens is 296 g/mol. The van der Waals surface area contributed by atoms with Crippen molar-refractivity contribution in [1.82, 2.24) is 15.1 Å². The Hall–Kier alpha value is -2.41. The Morgan fingerprint density at radius 2 is 1.96 bits per heavy atom. The summed E-state index contributed by atoms with van der Waals surface area (Å²) >= 11 is 0. The molecule has 1 aromatic carbocycles. The zero-order valence-electron chi connectivity index (χ0n) is 13.2. The van der Waals surface area contributed by atoms with E-state index >= 15 is 0 Å². The third-order valence-electron chi connectivity index (χ3n) is 3.88. The maximum absolute atomic E-state index is 12.2. The Balaban J connectivity index is 1.81. The van der Waals surface area contributed by atoms with E-state index in [0.717, 1.165) is 5.56 Å². The van der Waals surface area contributed by atoms with Crippen molar-refractivity contribution >= 4 is 17.7 Å². The molecule has 1 aliphatic rings. The maximum atomic E-state index is 12.2. The van der Waals surface area contributed by atoms with Gasteiger partial charge >= 0.3 is 0 Å². The van der Waals surface area contributed by atoms with Crippen LogP contribution in [-0.2, 0) is 14.4 Å². The number of carbonyl (C=O) groups is 3. The van der Waals surface area contributed by atoms with Crippen LogP contribution in [0.1, 0.15) is 18.5 Å². The molecule has 0 radical (unpaired) electrons. The summed E-state index contributed by atoms with van der Waals surface area (Å²) in [6, 6.07) is 9.88. The van der Waals surface area contributed by atoms with Crippen LogP contribution in [0.15, 0.2) is 30.3 Å². The zero-order chi connectivity index (χ0) is 16.8. The predicted molar refractivity (Wildman–Crippen MR) is 85.2 cm³/mol. The second-order valence-electron chi connectivity index (χ2n) is 5.61. The van der Waals surface area contributed by atoms with Gasteiger partial charge in [-0.25, -0.2) is 0 Å². The fourth-order valence-corrected chi connectivity index (χ4v) is 2.49. The lowest BCUT2D eigenvalue weighted by atomic mass is 10.1. The van der Waals surface area contributed by atoms with Crippen LogP contribution >= 0.6 is 0 Å². The minimum absolute atomic E-state index is 0.00644. The van der Waals surface area contributed by atoms with Gasteiger partial charge < -0.3 is 20.9 Å². The molecular formula is C16H22N4O3. The third kappa shape index (κ3) is 4.79. The molecule has 1 saturated heterocycles. The van der Waals surface area contributed by atoms with E-state index in [1.807, 2.05) is 37.3 Å². The fourth-order valence-electron chi connectivity index (χ4n) is 2.49. The monoisotopic (exact) mass is 318 g/mol. The van der Waals surface area contributed by atoms with Gasteiger partial charge in [0.2, 0.25) is 17.7 Å². The number of primary amides is 1. The van der Waals surface area contributed by atoms with E-state index in [0.29, 0.717) is 13.1 Å². The molecule has 2 rings (SSSR count). The highest BCUT2D eigenvalue weighted by Crippen LogP contribution is 2.11. The van der Waals surface area contributed by atoms with Crippen LogP contribution in [-0.4, -0.2) is 60.2 Å². The van der Waals surface area contributed by atoms with E-state index in [1.54, 1.807) is 0 Å². The van der Waals surface area contributed by atoms with E-state index in [9.17, 15) is 14.4 Å². The van der Waals surface area contributed by atoms with Gasteiger partial charge in [-0.15, -0.1) is 0 Å². The molecule has 7 nitrogen and oxygen atoms in total. The molecule has 1 aliphatic heterocycles. The van der Waals surface area contributed by atoms with Crippen molar-refractivity contribution in [2.45, 2.75) is 13.0 Å². The van der Waals surface area contributed by atoms with E-state index < -0.39 is 5.91 Å². The van der Waals surface area contributed by atoms with Crippen molar-refractivity contribution in [2.75, 3.05) is 32.7 Å². The first-order valence-corrected chi connectivity index (χ1v) is 7.59. The second kappa shape index (κ2) is 7.73. The molecule has 1 aromatic rings. The molecule has 3 amide bonds. The average Bonchev–Trinajstić information content (AvgIpc) is 2.54. The highest BCUT2D eigenvalue weighted by molar-refractivity contribution is 5.89. The highest BCUT2D eigenvalue weighted by atomic mass is 16.2. The van der Waals surface area contributed by atoms with Gasteiger partial charge in [-0.1, -0.05) is 30.3 Å². The standard InChI is InChI=1S/C16H22N4O3/c1-12(13-5-3-2-4-6-13)18-9-15(22)20-8-7-19(10-14(17)21)16(23)11-20/h2-6,12,18H,7-11H2,1H3,(H2,17,21)/t12-/m1/s1. The molecule has 1 fully saturated rings. The second-order valence-corrected chi connectivity index (χ2v) is 5.61. The van der Waals surface area contributed by atoms with Crippen molar-refractivity contribution in [3.8, 4) is 0 Å². The molecule has 23 heavy (non-hydrogen) atoms. The van der Waals surface area contributed by atoms with Crippen molar-refractivity contribution in [3.05, 3.63) is 35.9 Å². The third-order valence-corrected chi connectivity index (χ3v) is 3.88. The first-order chi connectivity index (χ1) is 11.0. The van der Waals surface area contributed by atoms with E-state index in [1.165, 1.54) is 9.80 Å².